The van der Waals surface area contributed by atoms with Crippen molar-refractivity contribution < 1.29 is 9.31 Å². The Morgan fingerprint density at radius 2 is 1.86 bits per heavy atom. The fraction of sp³-hybridized carbons (Fsp3) is 0.538. The van der Waals surface area contributed by atoms with Gasteiger partial charge in [-0.15, -0.1) is 11.3 Å². The maximum atomic E-state index is 6.07. The second-order valence-corrected chi connectivity index (χ2v) is 7.96. The average molecular weight is 370 g/mol. The topological polar surface area (TPSA) is 49.2 Å². The van der Waals surface area contributed by atoms with E-state index < -0.39 is 7.12 Å². The van der Waals surface area contributed by atoms with E-state index in [0.29, 0.717) is 0 Å². The zero-order valence-electron chi connectivity index (χ0n) is 12.7. The first-order valence-electron chi connectivity index (χ1n) is 6.73. The lowest BCUT2D eigenvalue weighted by molar-refractivity contribution is 0.00578. The van der Waals surface area contributed by atoms with Crippen LogP contribution >= 0.6 is 27.3 Å². The second kappa shape index (κ2) is 4.91. The first-order valence-corrected chi connectivity index (χ1v) is 8.34. The molecule has 1 fully saturated rings. The fourth-order valence-corrected chi connectivity index (χ4v) is 3.58. The Kier molecular flexibility index (Phi) is 3.55. The molecule has 1 aliphatic heterocycles. The van der Waals surface area contributed by atoms with Gasteiger partial charge in [0.1, 0.15) is 4.60 Å². The van der Waals surface area contributed by atoms with Crippen LogP contribution in [0, 0.1) is 6.92 Å². The number of nitrogens with zero attached hydrogens (tertiary/aromatic N) is 3. The Morgan fingerprint density at radius 3 is 2.38 bits per heavy atom. The minimum absolute atomic E-state index is 0.358. The van der Waals surface area contributed by atoms with Crippen molar-refractivity contribution in [3.63, 3.8) is 0 Å². The Bertz CT molecular complexity index is 667. The molecule has 0 bridgehead atoms. The third-order valence-corrected chi connectivity index (χ3v) is 5.91. The molecule has 2 aromatic rings. The molecule has 0 saturated carbocycles. The van der Waals surface area contributed by atoms with Crippen LogP contribution in [-0.4, -0.2) is 33.1 Å². The number of hydrogen-bond donors (Lipinski definition) is 0. The van der Waals surface area contributed by atoms with Crippen LogP contribution in [0.3, 0.4) is 0 Å². The Hall–Kier alpha value is -0.695. The van der Waals surface area contributed by atoms with E-state index in [2.05, 4.69) is 26.0 Å². The van der Waals surface area contributed by atoms with Crippen molar-refractivity contribution in [1.82, 2.24) is 14.8 Å². The number of hydrogen-bond acceptors (Lipinski definition) is 5. The molecule has 2 aromatic heterocycles. The number of aromatic nitrogens is 3. The summed E-state index contributed by atoms with van der Waals surface area (Å²) in [5.41, 5.74) is 0.381. The van der Waals surface area contributed by atoms with Gasteiger partial charge in [-0.3, -0.25) is 0 Å². The summed E-state index contributed by atoms with van der Waals surface area (Å²) in [7, 11) is -0.410. The summed E-state index contributed by atoms with van der Waals surface area (Å²) >= 11 is 5.02. The monoisotopic (exact) mass is 369 g/mol. The van der Waals surface area contributed by atoms with E-state index in [0.717, 1.165) is 20.1 Å². The van der Waals surface area contributed by atoms with E-state index in [-0.39, 0.29) is 11.2 Å². The van der Waals surface area contributed by atoms with Gasteiger partial charge in [-0.1, -0.05) is 0 Å². The molecule has 5 nitrogen and oxygen atoms in total. The minimum Gasteiger partial charge on any atom is -0.399 e. The maximum Gasteiger partial charge on any atom is 0.508 e. The van der Waals surface area contributed by atoms with Gasteiger partial charge in [-0.05, 0) is 56.1 Å². The van der Waals surface area contributed by atoms with Crippen LogP contribution in [0.4, 0.5) is 0 Å². The molecule has 21 heavy (non-hydrogen) atoms. The molecule has 8 heteroatoms. The molecule has 3 rings (SSSR count). The Morgan fingerprint density at radius 1 is 1.24 bits per heavy atom. The summed E-state index contributed by atoms with van der Waals surface area (Å²) in [4.78, 5) is 4.51. The summed E-state index contributed by atoms with van der Waals surface area (Å²) in [6.07, 6.45) is 3.75. The van der Waals surface area contributed by atoms with Gasteiger partial charge in [0.05, 0.1) is 22.2 Å². The van der Waals surface area contributed by atoms with Gasteiger partial charge < -0.3 is 9.31 Å². The molecule has 1 saturated heterocycles. The van der Waals surface area contributed by atoms with Crippen LogP contribution in [-0.2, 0) is 9.31 Å². The van der Waals surface area contributed by atoms with E-state index in [4.69, 9.17) is 9.31 Å². The number of aryl methyl sites for hydroxylation is 1. The first kappa shape index (κ1) is 15.2. The predicted octanol–water partition coefficient (Wildman–Crippen LogP) is 2.70. The molecule has 0 unspecified atom stereocenters. The van der Waals surface area contributed by atoms with Crippen molar-refractivity contribution in [3.05, 3.63) is 22.6 Å². The van der Waals surface area contributed by atoms with E-state index in [1.165, 1.54) is 11.3 Å². The highest BCUT2D eigenvalue weighted by Crippen LogP contribution is 2.37. The van der Waals surface area contributed by atoms with Crippen LogP contribution in [0.2, 0.25) is 0 Å². The van der Waals surface area contributed by atoms with Crippen LogP contribution in [0.5, 0.6) is 0 Å². The minimum atomic E-state index is -0.410. The summed E-state index contributed by atoms with van der Waals surface area (Å²) < 4.78 is 15.6. The number of rotatable bonds is 2. The van der Waals surface area contributed by atoms with E-state index >= 15 is 0 Å². The molecule has 0 radical (unpaired) electrons. The molecule has 0 aromatic carbocycles. The van der Waals surface area contributed by atoms with Crippen molar-refractivity contribution in [1.29, 1.82) is 0 Å². The Balaban J connectivity index is 1.93. The van der Waals surface area contributed by atoms with Crippen LogP contribution in [0.25, 0.3) is 5.13 Å². The molecule has 0 N–H and O–H groups in total. The van der Waals surface area contributed by atoms with E-state index in [9.17, 15) is 0 Å². The van der Waals surface area contributed by atoms with E-state index in [1.54, 1.807) is 4.68 Å². The van der Waals surface area contributed by atoms with Gasteiger partial charge in [0, 0.05) is 6.20 Å². The highest BCUT2D eigenvalue weighted by atomic mass is 79.9. The summed E-state index contributed by atoms with van der Waals surface area (Å²) in [5, 5.41) is 5.08. The molecule has 0 aliphatic carbocycles. The normalized spacial score (nSPS) is 20.2. The zero-order valence-corrected chi connectivity index (χ0v) is 15.1. The molecule has 0 spiro atoms. The zero-order chi connectivity index (χ0) is 15.4. The fourth-order valence-electron chi connectivity index (χ4n) is 2.01. The van der Waals surface area contributed by atoms with Gasteiger partial charge in [-0.25, -0.2) is 9.67 Å². The van der Waals surface area contributed by atoms with Crippen molar-refractivity contribution in [2.24, 2.45) is 0 Å². The largest absolute Gasteiger partial charge is 0.508 e. The van der Waals surface area contributed by atoms with E-state index in [1.807, 2.05) is 47.0 Å². The van der Waals surface area contributed by atoms with Gasteiger partial charge in [0.2, 0.25) is 5.13 Å². The van der Waals surface area contributed by atoms with Crippen LogP contribution in [0.15, 0.2) is 17.0 Å². The van der Waals surface area contributed by atoms with Crippen LogP contribution in [0.1, 0.15) is 33.3 Å². The third kappa shape index (κ3) is 2.58. The number of halogens is 1. The van der Waals surface area contributed by atoms with Crippen molar-refractivity contribution in [2.75, 3.05) is 0 Å². The second-order valence-electron chi connectivity index (χ2n) is 6.20. The van der Waals surface area contributed by atoms with Crippen LogP contribution < -0.4 is 4.78 Å². The summed E-state index contributed by atoms with van der Waals surface area (Å²) in [6.45, 7) is 10.2. The lowest BCUT2D eigenvalue weighted by atomic mass is 9.89. The molecule has 0 atom stereocenters. The molecule has 3 heterocycles. The lowest BCUT2D eigenvalue weighted by Gasteiger charge is -2.32. The molecule has 0 amide bonds. The highest BCUT2D eigenvalue weighted by Gasteiger charge is 2.53. The SMILES string of the molecule is Cc1cnn(-c2nc(Br)c(B3OC(C)(C)C(C)(C)O3)s2)c1. The smallest absolute Gasteiger partial charge is 0.399 e. The lowest BCUT2D eigenvalue weighted by Crippen LogP contribution is -2.41. The third-order valence-electron chi connectivity index (χ3n) is 3.97. The maximum absolute atomic E-state index is 6.07. The average Bonchev–Trinajstić information content (AvgIpc) is 2.98. The molecule has 112 valence electrons. The summed E-state index contributed by atoms with van der Waals surface area (Å²) in [6, 6.07) is 0. The van der Waals surface area contributed by atoms with Gasteiger partial charge >= 0.3 is 7.12 Å². The van der Waals surface area contributed by atoms with Crippen molar-refractivity contribution in [2.45, 2.75) is 45.8 Å². The van der Waals surface area contributed by atoms with Gasteiger partial charge in [0.15, 0.2) is 0 Å². The molecular formula is C13H17BBrN3O2S. The van der Waals surface area contributed by atoms with Gasteiger partial charge in [-0.2, -0.15) is 5.10 Å². The van der Waals surface area contributed by atoms with Gasteiger partial charge in [0.25, 0.3) is 0 Å². The van der Waals surface area contributed by atoms with Crippen molar-refractivity contribution in [3.8, 4) is 5.13 Å². The number of thiazole rings is 1. The Labute approximate surface area is 136 Å². The first-order chi connectivity index (χ1) is 9.69. The highest BCUT2D eigenvalue weighted by molar-refractivity contribution is 9.10. The summed E-state index contributed by atoms with van der Waals surface area (Å²) in [5.74, 6) is 0. The quantitative estimate of drug-likeness (QED) is 0.763. The molecular weight excluding hydrogens is 353 g/mol. The van der Waals surface area contributed by atoms with Crippen molar-refractivity contribution >= 4 is 39.2 Å². The predicted molar refractivity (Wildman–Crippen MR) is 87.4 cm³/mol. The standard InChI is InChI=1S/C13H17BBrN3O2S/c1-8-6-16-18(7-8)11-17-10(15)9(21-11)14-19-12(2,3)13(4,5)20-14/h6-7H,1-5H3. The molecule has 1 aliphatic rings.